The molecule has 2 rings (SSSR count). The predicted octanol–water partition coefficient (Wildman–Crippen LogP) is 2.51. The third kappa shape index (κ3) is 1.61. The molecule has 0 atom stereocenters. The van der Waals surface area contributed by atoms with Crippen LogP contribution in [0, 0.1) is 0 Å². The Kier molecular flexibility index (Phi) is 2.45. The maximum absolute atomic E-state index is 10.4. The van der Waals surface area contributed by atoms with Crippen molar-refractivity contribution in [2.24, 2.45) is 0 Å². The monoisotopic (exact) mass is 206 g/mol. The average molecular weight is 206 g/mol. The molecule has 0 spiro atoms. The first kappa shape index (κ1) is 9.15. The number of nitrogens with one attached hydrogen (secondary N) is 1. The van der Waals surface area contributed by atoms with E-state index in [2.05, 4.69) is 23.0 Å². The molecule has 2 aromatic rings. The number of carbonyl (C=O) groups is 1. The van der Waals surface area contributed by atoms with Crippen molar-refractivity contribution in [2.75, 3.05) is 0 Å². The zero-order chi connectivity index (χ0) is 9.97. The minimum absolute atomic E-state index is 0.381. The molecule has 0 aromatic carbocycles. The maximum atomic E-state index is 10.4. The van der Waals surface area contributed by atoms with Crippen LogP contribution in [-0.4, -0.2) is 16.3 Å². The van der Waals surface area contributed by atoms with Gasteiger partial charge in [-0.3, -0.25) is 4.79 Å². The highest BCUT2D eigenvalue weighted by Gasteiger charge is 2.04. The molecule has 72 valence electrons. The van der Waals surface area contributed by atoms with E-state index >= 15 is 0 Å². The lowest BCUT2D eigenvalue weighted by molar-refractivity contribution is 0.111. The molecule has 3 nitrogen and oxygen atoms in total. The van der Waals surface area contributed by atoms with Crippen LogP contribution in [0.2, 0.25) is 0 Å². The maximum Gasteiger partial charge on any atom is 0.185 e. The van der Waals surface area contributed by atoms with Crippen molar-refractivity contribution >= 4 is 17.6 Å². The van der Waals surface area contributed by atoms with Crippen LogP contribution in [-0.2, 0) is 6.42 Å². The summed E-state index contributed by atoms with van der Waals surface area (Å²) in [6.45, 7) is 2.12. The van der Waals surface area contributed by atoms with E-state index in [1.54, 1.807) is 17.5 Å². The number of thiophene rings is 1. The normalized spacial score (nSPS) is 10.4. The fraction of sp³-hybridized carbons (Fsp3) is 0.200. The number of hydrogen-bond acceptors (Lipinski definition) is 3. The molecule has 0 aliphatic rings. The van der Waals surface area contributed by atoms with Gasteiger partial charge in [-0.25, -0.2) is 4.98 Å². The smallest absolute Gasteiger partial charge is 0.185 e. The van der Waals surface area contributed by atoms with Gasteiger partial charge in [0, 0.05) is 4.88 Å². The third-order valence-electron chi connectivity index (χ3n) is 1.98. The van der Waals surface area contributed by atoms with E-state index in [1.807, 2.05) is 6.07 Å². The molecule has 2 heterocycles. The number of aryl methyl sites for hydroxylation is 1. The van der Waals surface area contributed by atoms with Gasteiger partial charge in [-0.15, -0.1) is 11.3 Å². The van der Waals surface area contributed by atoms with Gasteiger partial charge in [0.25, 0.3) is 0 Å². The first-order valence-corrected chi connectivity index (χ1v) is 5.24. The summed E-state index contributed by atoms with van der Waals surface area (Å²) in [5.41, 5.74) is 0.914. The third-order valence-corrected chi connectivity index (χ3v) is 3.25. The van der Waals surface area contributed by atoms with Crippen molar-refractivity contribution in [3.63, 3.8) is 0 Å². The summed E-state index contributed by atoms with van der Waals surface area (Å²) in [5, 5.41) is 0. The highest BCUT2D eigenvalue weighted by atomic mass is 32.1. The molecular formula is C10H10N2OS. The number of nitrogens with zero attached hydrogens (tertiary/aromatic N) is 1. The lowest BCUT2D eigenvalue weighted by atomic mass is 10.3. The summed E-state index contributed by atoms with van der Waals surface area (Å²) in [6.07, 6.45) is 3.45. The quantitative estimate of drug-likeness (QED) is 0.784. The van der Waals surface area contributed by atoms with Gasteiger partial charge in [-0.05, 0) is 18.6 Å². The number of aromatic nitrogens is 2. The SMILES string of the molecule is CCc1ccc(-c2cnc(C=O)[nH]2)s1. The Hall–Kier alpha value is -1.42. The van der Waals surface area contributed by atoms with E-state index in [-0.39, 0.29) is 0 Å². The summed E-state index contributed by atoms with van der Waals surface area (Å²) in [6, 6.07) is 4.15. The van der Waals surface area contributed by atoms with E-state index < -0.39 is 0 Å². The molecule has 0 fully saturated rings. The predicted molar refractivity (Wildman–Crippen MR) is 56.7 cm³/mol. The van der Waals surface area contributed by atoms with E-state index in [9.17, 15) is 4.79 Å². The zero-order valence-electron chi connectivity index (χ0n) is 7.78. The minimum atomic E-state index is 0.381. The Morgan fingerprint density at radius 3 is 3.00 bits per heavy atom. The topological polar surface area (TPSA) is 45.8 Å². The van der Waals surface area contributed by atoms with Crippen LogP contribution in [0.15, 0.2) is 18.3 Å². The van der Waals surface area contributed by atoms with Crippen LogP contribution < -0.4 is 0 Å². The van der Waals surface area contributed by atoms with Gasteiger partial charge < -0.3 is 4.98 Å². The molecule has 0 aliphatic carbocycles. The van der Waals surface area contributed by atoms with Gasteiger partial charge in [-0.1, -0.05) is 6.92 Å². The zero-order valence-corrected chi connectivity index (χ0v) is 8.60. The van der Waals surface area contributed by atoms with Crippen molar-refractivity contribution in [3.05, 3.63) is 29.0 Å². The molecule has 0 aliphatic heterocycles. The summed E-state index contributed by atoms with van der Waals surface area (Å²) in [5.74, 6) is 0.381. The van der Waals surface area contributed by atoms with Crippen molar-refractivity contribution in [1.29, 1.82) is 0 Å². The van der Waals surface area contributed by atoms with Crippen molar-refractivity contribution < 1.29 is 4.79 Å². The molecule has 1 N–H and O–H groups in total. The Labute approximate surface area is 85.8 Å². The van der Waals surface area contributed by atoms with Crippen molar-refractivity contribution in [1.82, 2.24) is 9.97 Å². The largest absolute Gasteiger partial charge is 0.335 e. The lowest BCUT2D eigenvalue weighted by Crippen LogP contribution is -1.80. The van der Waals surface area contributed by atoms with Crippen LogP contribution in [0.4, 0.5) is 0 Å². The minimum Gasteiger partial charge on any atom is -0.335 e. The highest BCUT2D eigenvalue weighted by molar-refractivity contribution is 7.15. The molecule has 0 bridgehead atoms. The number of hydrogen-bond donors (Lipinski definition) is 1. The van der Waals surface area contributed by atoms with Crippen LogP contribution in [0.1, 0.15) is 22.4 Å². The van der Waals surface area contributed by atoms with E-state index in [1.165, 1.54) is 4.88 Å². The number of H-pyrrole nitrogens is 1. The van der Waals surface area contributed by atoms with E-state index in [0.29, 0.717) is 5.82 Å². The Bertz CT molecular complexity index is 444. The van der Waals surface area contributed by atoms with Crippen LogP contribution in [0.3, 0.4) is 0 Å². The van der Waals surface area contributed by atoms with Crippen molar-refractivity contribution in [3.8, 4) is 10.6 Å². The molecule has 14 heavy (non-hydrogen) atoms. The van der Waals surface area contributed by atoms with Crippen LogP contribution in [0.25, 0.3) is 10.6 Å². The lowest BCUT2D eigenvalue weighted by Gasteiger charge is -1.88. The summed E-state index contributed by atoms with van der Waals surface area (Å²) in [7, 11) is 0. The summed E-state index contributed by atoms with van der Waals surface area (Å²) >= 11 is 1.72. The molecule has 0 unspecified atom stereocenters. The average Bonchev–Trinajstić information content (AvgIpc) is 2.86. The van der Waals surface area contributed by atoms with Gasteiger partial charge in [0.15, 0.2) is 12.1 Å². The van der Waals surface area contributed by atoms with Gasteiger partial charge >= 0.3 is 0 Å². The van der Waals surface area contributed by atoms with Crippen LogP contribution in [0.5, 0.6) is 0 Å². The van der Waals surface area contributed by atoms with Gasteiger partial charge in [0.05, 0.1) is 16.8 Å². The Morgan fingerprint density at radius 2 is 2.43 bits per heavy atom. The Balaban J connectivity index is 2.33. The number of imidazole rings is 1. The van der Waals surface area contributed by atoms with Gasteiger partial charge in [-0.2, -0.15) is 0 Å². The first-order valence-electron chi connectivity index (χ1n) is 4.42. The molecule has 2 aromatic heterocycles. The Morgan fingerprint density at radius 1 is 1.57 bits per heavy atom. The molecule has 0 saturated carbocycles. The fourth-order valence-electron chi connectivity index (χ4n) is 1.23. The molecule has 0 radical (unpaired) electrons. The summed E-state index contributed by atoms with van der Waals surface area (Å²) in [4.78, 5) is 19.8. The van der Waals surface area contributed by atoms with Gasteiger partial charge in [0.2, 0.25) is 0 Å². The van der Waals surface area contributed by atoms with Crippen LogP contribution >= 0.6 is 11.3 Å². The first-order chi connectivity index (χ1) is 6.83. The standard InChI is InChI=1S/C10H10N2OS/c1-2-7-3-4-9(14-7)8-5-11-10(6-13)12-8/h3-6H,2H2,1H3,(H,11,12). The summed E-state index contributed by atoms with van der Waals surface area (Å²) < 4.78 is 0. The van der Waals surface area contributed by atoms with E-state index in [0.717, 1.165) is 23.3 Å². The van der Waals surface area contributed by atoms with Crippen molar-refractivity contribution in [2.45, 2.75) is 13.3 Å². The second-order valence-corrected chi connectivity index (χ2v) is 4.09. The molecule has 0 saturated heterocycles. The van der Waals surface area contributed by atoms with E-state index in [4.69, 9.17) is 0 Å². The fourth-order valence-corrected chi connectivity index (χ4v) is 2.15. The molecule has 4 heteroatoms. The number of aldehydes is 1. The highest BCUT2D eigenvalue weighted by Crippen LogP contribution is 2.26. The number of carbonyl (C=O) groups excluding carboxylic acids is 1. The number of aromatic amines is 1. The molecular weight excluding hydrogens is 196 g/mol. The van der Waals surface area contributed by atoms with Gasteiger partial charge in [0.1, 0.15) is 0 Å². The second-order valence-electron chi connectivity index (χ2n) is 2.92. The molecule has 0 amide bonds. The second kappa shape index (κ2) is 3.75. The number of rotatable bonds is 3.